The molecule has 0 unspecified atom stereocenters. The van der Waals surface area contributed by atoms with Crippen LogP contribution in [-0.4, -0.2) is 23.6 Å². The first-order chi connectivity index (χ1) is 8.02. The minimum Gasteiger partial charge on any atom is -0.368 e. The molecule has 1 saturated heterocycles. The predicted molar refractivity (Wildman–Crippen MR) is 79.8 cm³/mol. The largest absolute Gasteiger partial charge is 0.368 e. The lowest BCUT2D eigenvalue weighted by atomic mass is 10.1. The average molecular weight is 290 g/mol. The Kier molecular flexibility index (Phi) is 4.17. The number of halogens is 2. The normalized spacial score (nSPS) is 19.4. The highest BCUT2D eigenvalue weighted by atomic mass is 35.5. The third kappa shape index (κ3) is 3.24. The molecule has 1 aliphatic heterocycles. The molecule has 1 fully saturated rings. The van der Waals surface area contributed by atoms with Gasteiger partial charge >= 0.3 is 0 Å². The summed E-state index contributed by atoms with van der Waals surface area (Å²) >= 11 is 14.2. The van der Waals surface area contributed by atoms with Gasteiger partial charge < -0.3 is 4.90 Å². The minimum atomic E-state index is 0.298. The molecule has 0 saturated carbocycles. The van der Waals surface area contributed by atoms with Crippen LogP contribution in [0.15, 0.2) is 18.2 Å². The van der Waals surface area contributed by atoms with Crippen LogP contribution in [0.4, 0.5) is 5.69 Å². The Morgan fingerprint density at radius 2 is 2.18 bits per heavy atom. The van der Waals surface area contributed by atoms with Crippen LogP contribution in [0.1, 0.15) is 19.4 Å². The lowest BCUT2D eigenvalue weighted by Gasteiger charge is -2.39. The van der Waals surface area contributed by atoms with Crippen LogP contribution in [0.5, 0.6) is 0 Å². The summed E-state index contributed by atoms with van der Waals surface area (Å²) in [6.07, 6.45) is 0. The molecule has 2 rings (SSSR count). The average Bonchev–Trinajstić information content (AvgIpc) is 2.27. The number of rotatable bonds is 2. The van der Waals surface area contributed by atoms with E-state index in [-0.39, 0.29) is 0 Å². The van der Waals surface area contributed by atoms with Crippen molar-refractivity contribution in [2.24, 2.45) is 0 Å². The standard InChI is InChI=1S/C13H17Cl2NS/c1-13(2)9-16(5-6-17-13)12-4-3-10(8-14)7-11(12)15/h3-4,7H,5-6,8-9H2,1-2H3. The molecule has 1 aromatic carbocycles. The lowest BCUT2D eigenvalue weighted by Crippen LogP contribution is -2.43. The van der Waals surface area contributed by atoms with Gasteiger partial charge in [0.15, 0.2) is 0 Å². The quantitative estimate of drug-likeness (QED) is 0.742. The van der Waals surface area contributed by atoms with E-state index in [2.05, 4.69) is 30.9 Å². The van der Waals surface area contributed by atoms with E-state index in [1.807, 2.05) is 17.8 Å². The van der Waals surface area contributed by atoms with Crippen LogP contribution in [0.2, 0.25) is 5.02 Å². The van der Waals surface area contributed by atoms with Crippen molar-refractivity contribution in [3.8, 4) is 0 Å². The number of anilines is 1. The maximum atomic E-state index is 6.33. The van der Waals surface area contributed by atoms with Crippen molar-refractivity contribution in [1.82, 2.24) is 0 Å². The molecule has 1 nitrogen and oxygen atoms in total. The summed E-state index contributed by atoms with van der Waals surface area (Å²) in [5, 5.41) is 0.811. The van der Waals surface area contributed by atoms with Crippen molar-refractivity contribution >= 4 is 40.7 Å². The molecular formula is C13H17Cl2NS. The number of thioether (sulfide) groups is 1. The summed E-state index contributed by atoms with van der Waals surface area (Å²) in [4.78, 5) is 2.37. The van der Waals surface area contributed by atoms with Crippen molar-refractivity contribution in [2.45, 2.75) is 24.5 Å². The number of nitrogens with zero attached hydrogens (tertiary/aromatic N) is 1. The van der Waals surface area contributed by atoms with Gasteiger partial charge in [-0.15, -0.1) is 11.6 Å². The van der Waals surface area contributed by atoms with Gasteiger partial charge in [0, 0.05) is 29.5 Å². The van der Waals surface area contributed by atoms with Gasteiger partial charge in [-0.05, 0) is 31.5 Å². The van der Waals surface area contributed by atoms with E-state index in [4.69, 9.17) is 23.2 Å². The van der Waals surface area contributed by atoms with E-state index in [1.165, 1.54) is 0 Å². The molecule has 94 valence electrons. The van der Waals surface area contributed by atoms with Crippen molar-refractivity contribution in [3.63, 3.8) is 0 Å². The number of benzene rings is 1. The Morgan fingerprint density at radius 1 is 1.41 bits per heavy atom. The van der Waals surface area contributed by atoms with Gasteiger partial charge in [0.1, 0.15) is 0 Å². The van der Waals surface area contributed by atoms with Crippen LogP contribution in [-0.2, 0) is 5.88 Å². The van der Waals surface area contributed by atoms with Gasteiger partial charge in [-0.25, -0.2) is 0 Å². The summed E-state index contributed by atoms with van der Waals surface area (Å²) in [6.45, 7) is 6.67. The molecule has 4 heteroatoms. The Bertz CT molecular complexity index is 406. The topological polar surface area (TPSA) is 3.24 Å². The maximum Gasteiger partial charge on any atom is 0.0642 e. The second-order valence-electron chi connectivity index (χ2n) is 4.95. The first-order valence-corrected chi connectivity index (χ1v) is 7.65. The molecule has 0 spiro atoms. The van der Waals surface area contributed by atoms with Gasteiger partial charge in [0.05, 0.1) is 10.7 Å². The zero-order chi connectivity index (χ0) is 12.5. The molecule has 0 N–H and O–H groups in total. The van der Waals surface area contributed by atoms with E-state index in [0.717, 1.165) is 35.1 Å². The minimum absolute atomic E-state index is 0.298. The molecule has 1 aliphatic rings. The third-order valence-electron chi connectivity index (χ3n) is 2.93. The SMILES string of the molecule is CC1(C)CN(c2ccc(CCl)cc2Cl)CCS1. The van der Waals surface area contributed by atoms with Gasteiger partial charge in [0.25, 0.3) is 0 Å². The van der Waals surface area contributed by atoms with E-state index in [1.54, 1.807) is 0 Å². The van der Waals surface area contributed by atoms with E-state index >= 15 is 0 Å². The molecule has 0 aromatic heterocycles. The molecule has 17 heavy (non-hydrogen) atoms. The van der Waals surface area contributed by atoms with Crippen LogP contribution in [0.3, 0.4) is 0 Å². The van der Waals surface area contributed by atoms with Crippen LogP contribution >= 0.6 is 35.0 Å². The predicted octanol–water partition coefficient (Wildman–Crippen LogP) is 4.41. The van der Waals surface area contributed by atoms with Gasteiger partial charge in [-0.2, -0.15) is 11.8 Å². The number of hydrogen-bond donors (Lipinski definition) is 0. The highest BCUT2D eigenvalue weighted by molar-refractivity contribution is 8.00. The van der Waals surface area contributed by atoms with Gasteiger partial charge in [-0.1, -0.05) is 17.7 Å². The monoisotopic (exact) mass is 289 g/mol. The molecule has 0 aliphatic carbocycles. The zero-order valence-electron chi connectivity index (χ0n) is 10.2. The molecule has 1 heterocycles. The molecule has 0 amide bonds. The van der Waals surface area contributed by atoms with Gasteiger partial charge in [0.2, 0.25) is 0 Å². The maximum absolute atomic E-state index is 6.33. The lowest BCUT2D eigenvalue weighted by molar-refractivity contribution is 0.648. The molecular weight excluding hydrogens is 273 g/mol. The number of alkyl halides is 1. The second-order valence-corrected chi connectivity index (χ2v) is 7.43. The van der Waals surface area contributed by atoms with E-state index in [9.17, 15) is 0 Å². The first kappa shape index (κ1) is 13.4. The molecule has 0 radical (unpaired) electrons. The highest BCUT2D eigenvalue weighted by Crippen LogP contribution is 2.35. The fourth-order valence-corrected chi connectivity index (χ4v) is 3.71. The first-order valence-electron chi connectivity index (χ1n) is 5.75. The van der Waals surface area contributed by atoms with Crippen molar-refractivity contribution < 1.29 is 0 Å². The van der Waals surface area contributed by atoms with Crippen LogP contribution in [0.25, 0.3) is 0 Å². The van der Waals surface area contributed by atoms with Crippen molar-refractivity contribution in [3.05, 3.63) is 28.8 Å². The van der Waals surface area contributed by atoms with Crippen molar-refractivity contribution in [2.75, 3.05) is 23.7 Å². The summed E-state index contributed by atoms with van der Waals surface area (Å²) < 4.78 is 0.298. The summed E-state index contributed by atoms with van der Waals surface area (Å²) in [5.74, 6) is 1.67. The Balaban J connectivity index is 2.22. The summed E-state index contributed by atoms with van der Waals surface area (Å²) in [5.41, 5.74) is 2.21. The second kappa shape index (κ2) is 5.29. The van der Waals surface area contributed by atoms with Crippen LogP contribution in [0, 0.1) is 0 Å². The summed E-state index contributed by atoms with van der Waals surface area (Å²) in [6, 6.07) is 6.12. The Morgan fingerprint density at radius 3 is 2.76 bits per heavy atom. The fraction of sp³-hybridized carbons (Fsp3) is 0.538. The molecule has 0 bridgehead atoms. The smallest absolute Gasteiger partial charge is 0.0642 e. The Hall–Kier alpha value is -0.0500. The van der Waals surface area contributed by atoms with E-state index in [0.29, 0.717) is 10.6 Å². The fourth-order valence-electron chi connectivity index (χ4n) is 2.11. The molecule has 0 atom stereocenters. The highest BCUT2D eigenvalue weighted by Gasteiger charge is 2.27. The zero-order valence-corrected chi connectivity index (χ0v) is 12.5. The van der Waals surface area contributed by atoms with Crippen molar-refractivity contribution in [1.29, 1.82) is 0 Å². The Labute approximate surface area is 117 Å². The number of hydrogen-bond acceptors (Lipinski definition) is 2. The third-order valence-corrected chi connectivity index (χ3v) is 4.84. The van der Waals surface area contributed by atoms with Gasteiger partial charge in [-0.3, -0.25) is 0 Å². The molecule has 1 aromatic rings. The van der Waals surface area contributed by atoms with Crippen LogP contribution < -0.4 is 4.90 Å². The van der Waals surface area contributed by atoms with E-state index < -0.39 is 0 Å². The summed E-state index contributed by atoms with van der Waals surface area (Å²) in [7, 11) is 0.